The van der Waals surface area contributed by atoms with Crippen LogP contribution in [0, 0.1) is 5.82 Å². The molecule has 1 N–H and O–H groups in total. The van der Waals surface area contributed by atoms with Crippen molar-refractivity contribution < 1.29 is 17.9 Å². The summed E-state index contributed by atoms with van der Waals surface area (Å²) in [7, 11) is 0. The van der Waals surface area contributed by atoms with Gasteiger partial charge in [-0.15, -0.1) is 0 Å². The molecule has 15 heavy (non-hydrogen) atoms. The number of hydrogen-bond acceptors (Lipinski definition) is 2. The maximum atomic E-state index is 13.1. The highest BCUT2D eigenvalue weighted by Gasteiger charge is 2.09. The standard InChI is InChI=1S/C10H12F3NO/c1-2-5-14-7-3-4-9(8(11)6-7)15-10(12)13/h3-4,6,10,14H,2,5H2,1H3. The van der Waals surface area contributed by atoms with Gasteiger partial charge in [-0.05, 0) is 18.6 Å². The van der Waals surface area contributed by atoms with Gasteiger partial charge in [-0.25, -0.2) is 4.39 Å². The van der Waals surface area contributed by atoms with Gasteiger partial charge in [-0.1, -0.05) is 6.92 Å². The van der Waals surface area contributed by atoms with Gasteiger partial charge in [0.2, 0.25) is 0 Å². The second-order valence-corrected chi connectivity index (χ2v) is 2.95. The van der Waals surface area contributed by atoms with Crippen LogP contribution in [0.1, 0.15) is 13.3 Å². The van der Waals surface area contributed by atoms with Crippen molar-refractivity contribution in [2.45, 2.75) is 20.0 Å². The van der Waals surface area contributed by atoms with Crippen molar-refractivity contribution in [1.82, 2.24) is 0 Å². The topological polar surface area (TPSA) is 21.3 Å². The molecule has 0 aliphatic rings. The van der Waals surface area contributed by atoms with Crippen LogP contribution in [0.15, 0.2) is 18.2 Å². The first-order valence-electron chi connectivity index (χ1n) is 4.61. The van der Waals surface area contributed by atoms with E-state index in [0.717, 1.165) is 12.5 Å². The second-order valence-electron chi connectivity index (χ2n) is 2.95. The maximum absolute atomic E-state index is 13.1. The zero-order valence-corrected chi connectivity index (χ0v) is 8.27. The van der Waals surface area contributed by atoms with Crippen molar-refractivity contribution >= 4 is 5.69 Å². The molecule has 0 atom stereocenters. The first-order valence-corrected chi connectivity index (χ1v) is 4.61. The third-order valence-electron chi connectivity index (χ3n) is 1.73. The van der Waals surface area contributed by atoms with Crippen LogP contribution in [-0.2, 0) is 0 Å². The number of alkyl halides is 2. The lowest BCUT2D eigenvalue weighted by Crippen LogP contribution is -2.05. The number of halogens is 3. The van der Waals surface area contributed by atoms with Gasteiger partial charge < -0.3 is 10.1 Å². The number of nitrogens with one attached hydrogen (secondary N) is 1. The highest BCUT2D eigenvalue weighted by molar-refractivity contribution is 5.47. The van der Waals surface area contributed by atoms with Gasteiger partial charge >= 0.3 is 6.61 Å². The molecule has 0 saturated carbocycles. The van der Waals surface area contributed by atoms with E-state index in [2.05, 4.69) is 10.1 Å². The van der Waals surface area contributed by atoms with E-state index in [1.54, 1.807) is 0 Å². The van der Waals surface area contributed by atoms with Crippen LogP contribution in [0.4, 0.5) is 18.9 Å². The number of anilines is 1. The Bertz CT molecular complexity index is 318. The molecule has 0 aromatic heterocycles. The highest BCUT2D eigenvalue weighted by atomic mass is 19.3. The van der Waals surface area contributed by atoms with Crippen molar-refractivity contribution in [1.29, 1.82) is 0 Å². The molecule has 1 rings (SSSR count). The second kappa shape index (κ2) is 5.48. The van der Waals surface area contributed by atoms with E-state index in [-0.39, 0.29) is 0 Å². The first-order chi connectivity index (χ1) is 7.13. The molecular formula is C10H12F3NO. The lowest BCUT2D eigenvalue weighted by atomic mass is 10.3. The molecule has 0 spiro atoms. The van der Waals surface area contributed by atoms with E-state index < -0.39 is 18.2 Å². The van der Waals surface area contributed by atoms with Crippen molar-refractivity contribution in [3.05, 3.63) is 24.0 Å². The molecule has 1 aromatic carbocycles. The monoisotopic (exact) mass is 219 g/mol. The van der Waals surface area contributed by atoms with Crippen LogP contribution in [0.3, 0.4) is 0 Å². The minimum absolute atomic E-state index is 0.438. The van der Waals surface area contributed by atoms with Crippen LogP contribution >= 0.6 is 0 Å². The summed E-state index contributed by atoms with van der Waals surface area (Å²) in [6, 6.07) is 3.81. The zero-order valence-electron chi connectivity index (χ0n) is 8.27. The quantitative estimate of drug-likeness (QED) is 0.820. The Morgan fingerprint density at radius 2 is 2.13 bits per heavy atom. The average Bonchev–Trinajstić information content (AvgIpc) is 2.18. The fourth-order valence-electron chi connectivity index (χ4n) is 1.07. The van der Waals surface area contributed by atoms with E-state index in [9.17, 15) is 13.2 Å². The highest BCUT2D eigenvalue weighted by Crippen LogP contribution is 2.22. The van der Waals surface area contributed by atoms with Crippen LogP contribution < -0.4 is 10.1 Å². The fourth-order valence-corrected chi connectivity index (χ4v) is 1.07. The maximum Gasteiger partial charge on any atom is 0.387 e. The Morgan fingerprint density at radius 1 is 1.40 bits per heavy atom. The van der Waals surface area contributed by atoms with E-state index in [1.807, 2.05) is 6.92 Å². The summed E-state index contributed by atoms with van der Waals surface area (Å²) in [5, 5.41) is 2.93. The van der Waals surface area contributed by atoms with Crippen LogP contribution in [0.25, 0.3) is 0 Å². The smallest absolute Gasteiger partial charge is 0.387 e. The van der Waals surface area contributed by atoms with Crippen LogP contribution in [0.5, 0.6) is 5.75 Å². The minimum atomic E-state index is -3.01. The van der Waals surface area contributed by atoms with E-state index in [1.165, 1.54) is 12.1 Å². The van der Waals surface area contributed by atoms with Crippen molar-refractivity contribution in [2.75, 3.05) is 11.9 Å². The molecule has 5 heteroatoms. The number of rotatable bonds is 5. The van der Waals surface area contributed by atoms with E-state index >= 15 is 0 Å². The van der Waals surface area contributed by atoms with Crippen molar-refractivity contribution in [2.24, 2.45) is 0 Å². The van der Waals surface area contributed by atoms with Gasteiger partial charge in [-0.3, -0.25) is 0 Å². The molecule has 0 saturated heterocycles. The third-order valence-corrected chi connectivity index (χ3v) is 1.73. The Balaban J connectivity index is 2.70. The van der Waals surface area contributed by atoms with Gasteiger partial charge in [0.15, 0.2) is 11.6 Å². The zero-order chi connectivity index (χ0) is 11.3. The van der Waals surface area contributed by atoms with E-state index in [0.29, 0.717) is 12.2 Å². The van der Waals surface area contributed by atoms with Gasteiger partial charge in [0.1, 0.15) is 0 Å². The fraction of sp³-hybridized carbons (Fsp3) is 0.400. The summed E-state index contributed by atoms with van der Waals surface area (Å²) in [6.45, 7) is -0.333. The summed E-state index contributed by atoms with van der Waals surface area (Å²) in [5.41, 5.74) is 0.552. The number of hydrogen-bond donors (Lipinski definition) is 1. The molecule has 0 heterocycles. The summed E-state index contributed by atoms with van der Waals surface area (Å²) < 4.78 is 40.7. The average molecular weight is 219 g/mol. The van der Waals surface area contributed by atoms with Gasteiger partial charge in [0.25, 0.3) is 0 Å². The Kier molecular flexibility index (Phi) is 4.27. The van der Waals surface area contributed by atoms with Crippen LogP contribution in [-0.4, -0.2) is 13.2 Å². The largest absolute Gasteiger partial charge is 0.432 e. The van der Waals surface area contributed by atoms with Gasteiger partial charge in [-0.2, -0.15) is 8.78 Å². The normalized spacial score (nSPS) is 10.5. The number of ether oxygens (including phenoxy) is 1. The van der Waals surface area contributed by atoms with Crippen LogP contribution in [0.2, 0.25) is 0 Å². The molecule has 84 valence electrons. The molecule has 2 nitrogen and oxygen atoms in total. The predicted octanol–water partition coefficient (Wildman–Crippen LogP) is 3.25. The molecule has 0 aliphatic carbocycles. The molecule has 0 radical (unpaired) electrons. The van der Waals surface area contributed by atoms with E-state index in [4.69, 9.17) is 0 Å². The Hall–Kier alpha value is -1.39. The molecule has 0 aliphatic heterocycles. The first kappa shape index (κ1) is 11.7. The lowest BCUT2D eigenvalue weighted by molar-refractivity contribution is -0.0521. The third kappa shape index (κ3) is 3.69. The minimum Gasteiger partial charge on any atom is -0.432 e. The summed E-state index contributed by atoms with van der Waals surface area (Å²) >= 11 is 0. The molecule has 0 fully saturated rings. The lowest BCUT2D eigenvalue weighted by Gasteiger charge is -2.08. The van der Waals surface area contributed by atoms with Crippen molar-refractivity contribution in [3.8, 4) is 5.75 Å². The Morgan fingerprint density at radius 3 is 2.67 bits per heavy atom. The van der Waals surface area contributed by atoms with Gasteiger partial charge in [0, 0.05) is 18.3 Å². The molecule has 0 amide bonds. The summed E-state index contributed by atoms with van der Waals surface area (Å²) in [6.07, 6.45) is 0.900. The SMILES string of the molecule is CCCNc1ccc(OC(F)F)c(F)c1. The molecular weight excluding hydrogens is 207 g/mol. The molecule has 1 aromatic rings. The van der Waals surface area contributed by atoms with Crippen molar-refractivity contribution in [3.63, 3.8) is 0 Å². The summed E-state index contributed by atoms with van der Waals surface area (Å²) in [4.78, 5) is 0. The Labute approximate surface area is 86.1 Å². The predicted molar refractivity (Wildman–Crippen MR) is 51.8 cm³/mol. The number of benzene rings is 1. The van der Waals surface area contributed by atoms with Gasteiger partial charge in [0.05, 0.1) is 0 Å². The molecule has 0 bridgehead atoms. The summed E-state index contributed by atoms with van der Waals surface area (Å²) in [5.74, 6) is -1.23. The molecule has 0 unspecified atom stereocenters.